The van der Waals surface area contributed by atoms with E-state index in [9.17, 15) is 14.4 Å². The Kier molecular flexibility index (Phi) is 5.72. The molecule has 0 spiro atoms. The first-order valence-corrected chi connectivity index (χ1v) is 11.3. The van der Waals surface area contributed by atoms with Gasteiger partial charge in [-0.1, -0.05) is 11.2 Å². The first kappa shape index (κ1) is 22.6. The van der Waals surface area contributed by atoms with Crippen molar-refractivity contribution in [1.29, 1.82) is 0 Å². The van der Waals surface area contributed by atoms with Gasteiger partial charge >= 0.3 is 0 Å². The van der Waals surface area contributed by atoms with Crippen molar-refractivity contribution >= 4 is 23.4 Å². The predicted octanol–water partition coefficient (Wildman–Crippen LogP) is 2.27. The van der Waals surface area contributed by atoms with E-state index in [1.54, 1.807) is 44.1 Å². The van der Waals surface area contributed by atoms with Gasteiger partial charge in [0.2, 0.25) is 17.6 Å². The third kappa shape index (κ3) is 4.34. The van der Waals surface area contributed by atoms with Gasteiger partial charge in [0.05, 0.1) is 0 Å². The molecule has 2 aliphatic heterocycles. The Labute approximate surface area is 202 Å². The maximum absolute atomic E-state index is 13.1. The van der Waals surface area contributed by atoms with Crippen LogP contribution in [0.5, 0.6) is 5.75 Å². The lowest BCUT2D eigenvalue weighted by atomic mass is 10.1. The highest BCUT2D eigenvalue weighted by Crippen LogP contribution is 2.31. The van der Waals surface area contributed by atoms with Crippen LogP contribution in [0, 0.1) is 6.92 Å². The summed E-state index contributed by atoms with van der Waals surface area (Å²) >= 11 is 0. The quantitative estimate of drug-likeness (QED) is 0.538. The largest absolute Gasteiger partial charge is 0.481 e. The molecule has 1 atom stereocenters. The first-order valence-electron chi connectivity index (χ1n) is 11.3. The third-order valence-electron chi connectivity index (χ3n) is 6.18. The maximum Gasteiger partial charge on any atom is 0.268 e. The van der Waals surface area contributed by atoms with Gasteiger partial charge in [0.1, 0.15) is 12.3 Å². The molecule has 180 valence electrons. The number of aryl methyl sites for hydroxylation is 1. The van der Waals surface area contributed by atoms with Crippen molar-refractivity contribution in [2.45, 2.75) is 26.0 Å². The second-order valence-corrected chi connectivity index (χ2v) is 8.84. The van der Waals surface area contributed by atoms with Crippen LogP contribution in [-0.4, -0.2) is 71.0 Å². The summed E-state index contributed by atoms with van der Waals surface area (Å²) in [4.78, 5) is 46.8. The van der Waals surface area contributed by atoms with Gasteiger partial charge in [-0.3, -0.25) is 14.4 Å². The molecule has 2 aromatic carbocycles. The molecule has 0 unspecified atom stereocenters. The number of aromatic nitrogens is 2. The van der Waals surface area contributed by atoms with Gasteiger partial charge in [-0.05, 0) is 42.0 Å². The van der Waals surface area contributed by atoms with E-state index < -0.39 is 6.10 Å². The van der Waals surface area contributed by atoms with E-state index in [0.29, 0.717) is 48.2 Å². The summed E-state index contributed by atoms with van der Waals surface area (Å²) in [5.41, 5.74) is 2.81. The Hall–Kier alpha value is -4.21. The highest BCUT2D eigenvalue weighted by Gasteiger charge is 2.36. The number of nitrogens with zero attached hydrogens (tertiary/aromatic N) is 5. The molecule has 5 rings (SSSR count). The van der Waals surface area contributed by atoms with Gasteiger partial charge in [0, 0.05) is 57.3 Å². The summed E-state index contributed by atoms with van der Waals surface area (Å²) in [5.74, 6) is 1.05. The fourth-order valence-corrected chi connectivity index (χ4v) is 4.23. The fourth-order valence-electron chi connectivity index (χ4n) is 4.23. The lowest BCUT2D eigenvalue weighted by Crippen LogP contribution is -2.36. The molecule has 3 amide bonds. The predicted molar refractivity (Wildman–Crippen MR) is 126 cm³/mol. The third-order valence-corrected chi connectivity index (χ3v) is 6.18. The molecule has 10 heteroatoms. The summed E-state index contributed by atoms with van der Waals surface area (Å²) in [6, 6.07) is 12.6. The van der Waals surface area contributed by atoms with E-state index in [0.717, 1.165) is 11.1 Å². The van der Waals surface area contributed by atoms with Crippen LogP contribution in [0.15, 0.2) is 47.0 Å². The number of carbonyl (C=O) groups excluding carboxylic acids is 3. The van der Waals surface area contributed by atoms with Gasteiger partial charge in [-0.15, -0.1) is 0 Å². The van der Waals surface area contributed by atoms with Gasteiger partial charge in [0.25, 0.3) is 11.8 Å². The van der Waals surface area contributed by atoms with Gasteiger partial charge in [-0.25, -0.2) is 0 Å². The van der Waals surface area contributed by atoms with Crippen LogP contribution < -0.4 is 9.64 Å². The smallest absolute Gasteiger partial charge is 0.268 e. The normalized spacial score (nSPS) is 17.2. The molecular formula is C25H25N5O5. The molecular weight excluding hydrogens is 450 g/mol. The highest BCUT2D eigenvalue weighted by atomic mass is 16.5. The van der Waals surface area contributed by atoms with Crippen LogP contribution in [0.3, 0.4) is 0 Å². The first-order chi connectivity index (χ1) is 16.8. The van der Waals surface area contributed by atoms with Crippen LogP contribution in [0.1, 0.15) is 28.2 Å². The molecule has 2 aliphatic rings. The molecule has 1 aromatic heterocycles. The topological polar surface area (TPSA) is 109 Å². The number of hydrogen-bond donors (Lipinski definition) is 0. The van der Waals surface area contributed by atoms with Crippen LogP contribution >= 0.6 is 0 Å². The summed E-state index contributed by atoms with van der Waals surface area (Å²) < 4.78 is 11.0. The van der Waals surface area contributed by atoms with Crippen LogP contribution in [0.25, 0.3) is 11.4 Å². The summed E-state index contributed by atoms with van der Waals surface area (Å²) in [6.07, 6.45) is -0.0921. The second kappa shape index (κ2) is 8.86. The average molecular weight is 476 g/mol. The summed E-state index contributed by atoms with van der Waals surface area (Å²) in [5, 5.41) is 3.90. The number of likely N-dealkylation sites (N-methyl/N-ethyl adjacent to an activating group) is 1. The van der Waals surface area contributed by atoms with Crippen molar-refractivity contribution in [3.05, 3.63) is 59.5 Å². The van der Waals surface area contributed by atoms with E-state index in [-0.39, 0.29) is 24.3 Å². The molecule has 0 bridgehead atoms. The molecule has 1 fully saturated rings. The van der Waals surface area contributed by atoms with E-state index >= 15 is 0 Å². The molecule has 0 N–H and O–H groups in total. The molecule has 3 aromatic rings. The minimum Gasteiger partial charge on any atom is -0.481 e. The van der Waals surface area contributed by atoms with E-state index in [1.807, 2.05) is 24.3 Å². The summed E-state index contributed by atoms with van der Waals surface area (Å²) in [6.45, 7) is 2.62. The Morgan fingerprint density at radius 3 is 2.63 bits per heavy atom. The fraction of sp³-hybridized carbons (Fsp3) is 0.320. The molecule has 35 heavy (non-hydrogen) atoms. The van der Waals surface area contributed by atoms with Crippen LogP contribution in [0.2, 0.25) is 0 Å². The number of anilines is 1. The Morgan fingerprint density at radius 2 is 1.94 bits per heavy atom. The number of carbonyl (C=O) groups is 3. The molecule has 0 saturated carbocycles. The zero-order valence-electron chi connectivity index (χ0n) is 19.7. The lowest BCUT2D eigenvalue weighted by Gasteiger charge is -2.18. The van der Waals surface area contributed by atoms with Gasteiger partial charge in [-0.2, -0.15) is 4.98 Å². The van der Waals surface area contributed by atoms with Crippen molar-refractivity contribution in [2.75, 3.05) is 32.1 Å². The molecule has 1 saturated heterocycles. The Bertz CT molecular complexity index is 1300. The van der Waals surface area contributed by atoms with Crippen molar-refractivity contribution in [3.8, 4) is 17.1 Å². The Morgan fingerprint density at radius 1 is 1.17 bits per heavy atom. The zero-order chi connectivity index (χ0) is 24.7. The van der Waals surface area contributed by atoms with E-state index in [1.165, 1.54) is 9.80 Å². The molecule has 10 nitrogen and oxygen atoms in total. The maximum atomic E-state index is 13.1. The number of amides is 3. The monoisotopic (exact) mass is 475 g/mol. The Balaban J connectivity index is 1.25. The van der Waals surface area contributed by atoms with Crippen LogP contribution in [-0.2, 0) is 16.1 Å². The number of benzene rings is 2. The number of fused-ring (bicyclic) bond motifs is 1. The number of hydrogen-bond acceptors (Lipinski definition) is 7. The minimum absolute atomic E-state index is 0.0273. The van der Waals surface area contributed by atoms with Gasteiger partial charge < -0.3 is 24.0 Å². The number of rotatable bonds is 6. The lowest BCUT2D eigenvalue weighted by molar-refractivity contribution is -0.129. The summed E-state index contributed by atoms with van der Waals surface area (Å²) in [7, 11) is 3.32. The molecule has 3 heterocycles. The minimum atomic E-state index is -0.619. The van der Waals surface area contributed by atoms with Crippen molar-refractivity contribution in [2.24, 2.45) is 0 Å². The SMILES string of the molecule is Cc1nc(-c2ccc(O[C@@H]3CCN(c4ccc5c(c4)C(=O)N(CC(=O)N(C)C)C5)C3=O)cc2)no1. The number of ether oxygens (including phenoxy) is 1. The highest BCUT2D eigenvalue weighted by molar-refractivity contribution is 6.03. The van der Waals surface area contributed by atoms with E-state index in [2.05, 4.69) is 10.1 Å². The second-order valence-electron chi connectivity index (χ2n) is 8.84. The average Bonchev–Trinajstić information content (AvgIpc) is 3.52. The van der Waals surface area contributed by atoms with Gasteiger partial charge in [0.15, 0.2) is 6.10 Å². The van der Waals surface area contributed by atoms with Crippen molar-refractivity contribution in [1.82, 2.24) is 19.9 Å². The molecule has 0 radical (unpaired) electrons. The van der Waals surface area contributed by atoms with Crippen molar-refractivity contribution in [3.63, 3.8) is 0 Å². The van der Waals surface area contributed by atoms with Crippen LogP contribution in [0.4, 0.5) is 5.69 Å². The van der Waals surface area contributed by atoms with E-state index in [4.69, 9.17) is 9.26 Å². The molecule has 0 aliphatic carbocycles. The van der Waals surface area contributed by atoms with Crippen molar-refractivity contribution < 1.29 is 23.6 Å². The zero-order valence-corrected chi connectivity index (χ0v) is 19.7. The standard InChI is InChI=1S/C25H25N5O5/c1-15-26-23(27-35-15)16-5-8-19(9-6-16)34-21-10-11-30(25(21)33)18-7-4-17-13-29(14-22(31)28(2)3)24(32)20(17)12-18/h4-9,12,21H,10-11,13-14H2,1-3H3/t21-/m1/s1.